The maximum atomic E-state index is 13.1. The van der Waals surface area contributed by atoms with Crippen LogP contribution in [0.1, 0.15) is 24.1 Å². The second-order valence-electron chi connectivity index (χ2n) is 6.28. The van der Waals surface area contributed by atoms with E-state index in [1.165, 1.54) is 12.1 Å². The van der Waals surface area contributed by atoms with Gasteiger partial charge >= 0.3 is 6.18 Å². The average molecular weight is 388 g/mol. The first-order valence-electron chi connectivity index (χ1n) is 8.23. The number of rotatable bonds is 3. The fraction of sp³-hybridized carbons (Fsp3) is 0.389. The zero-order chi connectivity index (χ0) is 18.9. The number of piperazine rings is 1. The summed E-state index contributed by atoms with van der Waals surface area (Å²) in [5.74, 6) is 0.0996. The van der Waals surface area contributed by atoms with E-state index in [0.29, 0.717) is 32.0 Å². The van der Waals surface area contributed by atoms with Gasteiger partial charge in [0.05, 0.1) is 10.6 Å². The number of alkyl halides is 3. The molecule has 1 fully saturated rings. The van der Waals surface area contributed by atoms with Crippen LogP contribution in [0.3, 0.4) is 0 Å². The molecule has 2 aromatic rings. The highest BCUT2D eigenvalue weighted by atomic mass is 35.5. The summed E-state index contributed by atoms with van der Waals surface area (Å²) in [6.45, 7) is 4.66. The molecule has 0 saturated carbocycles. The third kappa shape index (κ3) is 4.10. The van der Waals surface area contributed by atoms with Crippen molar-refractivity contribution in [3.05, 3.63) is 58.5 Å². The zero-order valence-electron chi connectivity index (χ0n) is 14.1. The van der Waals surface area contributed by atoms with Crippen LogP contribution in [-0.2, 0) is 6.18 Å². The maximum absolute atomic E-state index is 13.1. The van der Waals surface area contributed by atoms with E-state index in [2.05, 4.69) is 9.88 Å². The fourth-order valence-corrected chi connectivity index (χ4v) is 3.38. The third-order valence-corrected chi connectivity index (χ3v) is 4.94. The molecule has 1 aromatic heterocycles. The third-order valence-electron chi connectivity index (χ3n) is 4.66. The number of halogens is 5. The molecule has 0 bridgehead atoms. The quantitative estimate of drug-likeness (QED) is 0.707. The van der Waals surface area contributed by atoms with E-state index >= 15 is 0 Å². The van der Waals surface area contributed by atoms with Gasteiger partial charge in [0.2, 0.25) is 0 Å². The van der Waals surface area contributed by atoms with Gasteiger partial charge in [-0.3, -0.25) is 4.90 Å². The van der Waals surface area contributed by atoms with E-state index in [1.807, 2.05) is 11.8 Å². The number of anilines is 1. The van der Waals surface area contributed by atoms with Crippen LogP contribution < -0.4 is 4.90 Å². The Hall–Kier alpha value is -1.86. The smallest absolute Gasteiger partial charge is 0.353 e. The zero-order valence-corrected chi connectivity index (χ0v) is 14.9. The van der Waals surface area contributed by atoms with Crippen molar-refractivity contribution in [1.82, 2.24) is 9.88 Å². The van der Waals surface area contributed by atoms with E-state index in [9.17, 15) is 17.6 Å². The Morgan fingerprint density at radius 2 is 1.69 bits per heavy atom. The molecule has 1 unspecified atom stereocenters. The van der Waals surface area contributed by atoms with Crippen LogP contribution in [-0.4, -0.2) is 36.1 Å². The van der Waals surface area contributed by atoms with E-state index < -0.39 is 11.7 Å². The van der Waals surface area contributed by atoms with Crippen LogP contribution in [0, 0.1) is 5.82 Å². The molecule has 0 amide bonds. The van der Waals surface area contributed by atoms with Crippen molar-refractivity contribution in [2.24, 2.45) is 0 Å². The summed E-state index contributed by atoms with van der Waals surface area (Å²) in [6.07, 6.45) is -3.65. The molecule has 3 nitrogen and oxygen atoms in total. The number of hydrogen-bond acceptors (Lipinski definition) is 3. The van der Waals surface area contributed by atoms with Gasteiger partial charge in [0.15, 0.2) is 0 Å². The van der Waals surface area contributed by atoms with E-state index in [4.69, 9.17) is 11.6 Å². The van der Waals surface area contributed by atoms with Crippen molar-refractivity contribution in [2.45, 2.75) is 19.1 Å². The summed E-state index contributed by atoms with van der Waals surface area (Å²) in [7, 11) is 0. The Morgan fingerprint density at radius 1 is 1.08 bits per heavy atom. The highest BCUT2D eigenvalue weighted by molar-refractivity contribution is 6.33. The molecule has 1 atom stereocenters. The van der Waals surface area contributed by atoms with Gasteiger partial charge in [-0.1, -0.05) is 23.7 Å². The topological polar surface area (TPSA) is 19.4 Å². The van der Waals surface area contributed by atoms with Crippen LogP contribution in [0.5, 0.6) is 0 Å². The van der Waals surface area contributed by atoms with Crippen molar-refractivity contribution in [3.63, 3.8) is 0 Å². The van der Waals surface area contributed by atoms with Crippen LogP contribution in [0.25, 0.3) is 0 Å². The summed E-state index contributed by atoms with van der Waals surface area (Å²) in [5.41, 5.74) is 0.167. The normalized spacial score (nSPS) is 17.4. The lowest BCUT2D eigenvalue weighted by atomic mass is 10.1. The first-order valence-corrected chi connectivity index (χ1v) is 8.60. The molecule has 3 rings (SSSR count). The van der Waals surface area contributed by atoms with E-state index in [1.54, 1.807) is 12.1 Å². The summed E-state index contributed by atoms with van der Waals surface area (Å²) in [5, 5.41) is -0.000131. The molecule has 26 heavy (non-hydrogen) atoms. The molecule has 0 aliphatic carbocycles. The minimum absolute atomic E-state index is 0.000131. The van der Waals surface area contributed by atoms with Crippen molar-refractivity contribution >= 4 is 17.4 Å². The number of pyridine rings is 1. The minimum atomic E-state index is -4.46. The van der Waals surface area contributed by atoms with Gasteiger partial charge in [-0.05, 0) is 30.7 Å². The Morgan fingerprint density at radius 3 is 2.23 bits per heavy atom. The minimum Gasteiger partial charge on any atom is -0.353 e. The van der Waals surface area contributed by atoms with Crippen LogP contribution in [0.15, 0.2) is 36.5 Å². The number of nitrogens with zero attached hydrogens (tertiary/aromatic N) is 3. The van der Waals surface area contributed by atoms with Gasteiger partial charge in [0.25, 0.3) is 0 Å². The van der Waals surface area contributed by atoms with Gasteiger partial charge in [-0.15, -0.1) is 0 Å². The number of hydrogen-bond donors (Lipinski definition) is 0. The average Bonchev–Trinajstić information content (AvgIpc) is 2.61. The predicted octanol–water partition coefficient (Wildman–Crippen LogP) is 4.78. The van der Waals surface area contributed by atoms with Crippen molar-refractivity contribution < 1.29 is 17.6 Å². The van der Waals surface area contributed by atoms with Crippen molar-refractivity contribution in [3.8, 4) is 0 Å². The van der Waals surface area contributed by atoms with Gasteiger partial charge in [0, 0.05) is 38.4 Å². The van der Waals surface area contributed by atoms with Gasteiger partial charge < -0.3 is 4.90 Å². The predicted molar refractivity (Wildman–Crippen MR) is 92.9 cm³/mol. The molecule has 2 heterocycles. The number of aromatic nitrogens is 1. The molecular formula is C18H18ClF4N3. The molecule has 0 radical (unpaired) electrons. The van der Waals surface area contributed by atoms with Gasteiger partial charge in [-0.2, -0.15) is 13.2 Å². The molecule has 8 heteroatoms. The molecule has 0 N–H and O–H groups in total. The Bertz CT molecular complexity index is 756. The molecule has 1 saturated heterocycles. The second-order valence-corrected chi connectivity index (χ2v) is 6.68. The maximum Gasteiger partial charge on any atom is 0.417 e. The lowest BCUT2D eigenvalue weighted by Gasteiger charge is -2.39. The fourth-order valence-electron chi connectivity index (χ4n) is 3.09. The summed E-state index contributed by atoms with van der Waals surface area (Å²) in [4.78, 5) is 8.04. The van der Waals surface area contributed by atoms with Gasteiger partial charge in [-0.25, -0.2) is 9.37 Å². The standard InChI is InChI=1S/C18H18ClF4N3/c1-12(13-2-4-15(20)5-3-13)25-6-8-26(9-7-25)17-16(19)10-14(11-24-17)18(21,22)23/h2-5,10-12H,6-9H2,1H3. The van der Waals surface area contributed by atoms with Crippen molar-refractivity contribution in [2.75, 3.05) is 31.1 Å². The first kappa shape index (κ1) is 18.9. The Kier molecular flexibility index (Phi) is 5.39. The molecule has 1 aliphatic rings. The molecule has 1 aliphatic heterocycles. The Balaban J connectivity index is 1.66. The molecule has 1 aromatic carbocycles. The van der Waals surface area contributed by atoms with Crippen LogP contribution in [0.4, 0.5) is 23.4 Å². The summed E-state index contributed by atoms with van der Waals surface area (Å²) < 4.78 is 51.2. The molecule has 140 valence electrons. The highest BCUT2D eigenvalue weighted by Gasteiger charge is 2.32. The molecular weight excluding hydrogens is 370 g/mol. The molecule has 0 spiro atoms. The lowest BCUT2D eigenvalue weighted by Crippen LogP contribution is -2.47. The van der Waals surface area contributed by atoms with Crippen LogP contribution in [0.2, 0.25) is 5.02 Å². The second kappa shape index (κ2) is 7.40. The first-order chi connectivity index (χ1) is 12.3. The summed E-state index contributed by atoms with van der Waals surface area (Å²) in [6, 6.07) is 7.44. The Labute approximate surface area is 154 Å². The monoisotopic (exact) mass is 387 g/mol. The largest absolute Gasteiger partial charge is 0.417 e. The van der Waals surface area contributed by atoms with E-state index in [-0.39, 0.29) is 16.9 Å². The van der Waals surface area contributed by atoms with E-state index in [0.717, 1.165) is 17.8 Å². The SMILES string of the molecule is CC(c1ccc(F)cc1)N1CCN(c2ncc(C(F)(F)F)cc2Cl)CC1. The summed E-state index contributed by atoms with van der Waals surface area (Å²) >= 11 is 6.03. The lowest BCUT2D eigenvalue weighted by molar-refractivity contribution is -0.137. The van der Waals surface area contributed by atoms with Crippen LogP contribution >= 0.6 is 11.6 Å². The highest BCUT2D eigenvalue weighted by Crippen LogP contribution is 2.34. The van der Waals surface area contributed by atoms with Gasteiger partial charge in [0.1, 0.15) is 11.6 Å². The van der Waals surface area contributed by atoms with Crippen molar-refractivity contribution in [1.29, 1.82) is 0 Å². The number of benzene rings is 1.